The van der Waals surface area contributed by atoms with Crippen LogP contribution in [0.15, 0.2) is 42.1 Å². The van der Waals surface area contributed by atoms with E-state index in [2.05, 4.69) is 25.9 Å². The Labute approximate surface area is 130 Å². The number of urea groups is 1. The Kier molecular flexibility index (Phi) is 4.01. The second-order valence-corrected chi connectivity index (χ2v) is 5.25. The Hall–Kier alpha value is -2.87. The average molecular weight is 315 g/mol. The highest BCUT2D eigenvalue weighted by Crippen LogP contribution is 2.24. The standard InChI is InChI=1S/C14H13N5O2S/c20-10-2-1-5-16-12(10)19-14(21)18-11-8-22-13(17-11)9-3-6-15-7-4-9/h1-6,8,15,20H,7H2,(H2,16,18,19,21). The van der Waals surface area contributed by atoms with Gasteiger partial charge in [0.05, 0.1) is 0 Å². The van der Waals surface area contributed by atoms with Crippen molar-refractivity contribution in [1.82, 2.24) is 15.3 Å². The van der Waals surface area contributed by atoms with Gasteiger partial charge < -0.3 is 10.4 Å². The number of nitrogens with one attached hydrogen (secondary N) is 3. The predicted octanol–water partition coefficient (Wildman–Crippen LogP) is 2.39. The maximum absolute atomic E-state index is 11.9. The summed E-state index contributed by atoms with van der Waals surface area (Å²) in [6.45, 7) is 0.758. The van der Waals surface area contributed by atoms with Crippen molar-refractivity contribution < 1.29 is 9.90 Å². The van der Waals surface area contributed by atoms with Gasteiger partial charge in [0.2, 0.25) is 0 Å². The second kappa shape index (κ2) is 6.27. The highest BCUT2D eigenvalue weighted by Gasteiger charge is 2.11. The molecule has 3 rings (SSSR count). The number of amides is 2. The van der Waals surface area contributed by atoms with E-state index in [9.17, 15) is 9.90 Å². The van der Waals surface area contributed by atoms with Crippen LogP contribution in [0.3, 0.4) is 0 Å². The van der Waals surface area contributed by atoms with Crippen LogP contribution in [0.1, 0.15) is 5.01 Å². The van der Waals surface area contributed by atoms with Crippen LogP contribution < -0.4 is 16.0 Å². The van der Waals surface area contributed by atoms with E-state index >= 15 is 0 Å². The number of nitrogens with zero attached hydrogens (tertiary/aromatic N) is 2. The monoisotopic (exact) mass is 315 g/mol. The van der Waals surface area contributed by atoms with Crippen LogP contribution in [0.4, 0.5) is 16.4 Å². The van der Waals surface area contributed by atoms with Gasteiger partial charge >= 0.3 is 6.03 Å². The largest absolute Gasteiger partial charge is 0.504 e. The lowest BCUT2D eigenvalue weighted by molar-refractivity contribution is 0.262. The summed E-state index contributed by atoms with van der Waals surface area (Å²) in [5.74, 6) is 0.446. The fraction of sp³-hybridized carbons (Fsp3) is 0.0714. The van der Waals surface area contributed by atoms with Crippen molar-refractivity contribution in [1.29, 1.82) is 0 Å². The maximum Gasteiger partial charge on any atom is 0.326 e. The molecule has 2 aromatic rings. The van der Waals surface area contributed by atoms with Crippen molar-refractivity contribution in [2.45, 2.75) is 0 Å². The molecule has 0 unspecified atom stereocenters. The van der Waals surface area contributed by atoms with Gasteiger partial charge in [-0.15, -0.1) is 11.3 Å². The molecule has 0 spiro atoms. The zero-order valence-corrected chi connectivity index (χ0v) is 12.2. The van der Waals surface area contributed by atoms with Crippen molar-refractivity contribution in [3.05, 3.63) is 47.1 Å². The Balaban J connectivity index is 1.65. The molecule has 0 aromatic carbocycles. The van der Waals surface area contributed by atoms with Gasteiger partial charge in [-0.05, 0) is 24.4 Å². The van der Waals surface area contributed by atoms with Gasteiger partial charge in [0.15, 0.2) is 11.6 Å². The second-order valence-electron chi connectivity index (χ2n) is 4.39. The van der Waals surface area contributed by atoms with E-state index in [1.165, 1.54) is 23.6 Å². The third-order valence-corrected chi connectivity index (χ3v) is 3.72. The van der Waals surface area contributed by atoms with E-state index in [-0.39, 0.29) is 11.6 Å². The Morgan fingerprint density at radius 2 is 2.32 bits per heavy atom. The topological polar surface area (TPSA) is 99.2 Å². The molecule has 1 aliphatic heterocycles. The molecule has 0 aliphatic carbocycles. The molecule has 0 fully saturated rings. The first-order chi connectivity index (χ1) is 10.7. The van der Waals surface area contributed by atoms with E-state index in [1.807, 2.05) is 18.4 Å². The van der Waals surface area contributed by atoms with Gasteiger partial charge in [-0.25, -0.2) is 14.8 Å². The number of carbonyl (C=O) groups excluding carboxylic acids is 1. The van der Waals surface area contributed by atoms with Crippen molar-refractivity contribution in [2.24, 2.45) is 0 Å². The summed E-state index contributed by atoms with van der Waals surface area (Å²) >= 11 is 1.44. The molecule has 112 valence electrons. The van der Waals surface area contributed by atoms with Crippen molar-refractivity contribution >= 4 is 34.6 Å². The first-order valence-electron chi connectivity index (χ1n) is 6.50. The Morgan fingerprint density at radius 3 is 3.09 bits per heavy atom. The molecule has 3 heterocycles. The van der Waals surface area contributed by atoms with E-state index in [0.717, 1.165) is 17.1 Å². The molecule has 0 atom stereocenters. The molecule has 0 saturated carbocycles. The maximum atomic E-state index is 11.9. The van der Waals surface area contributed by atoms with E-state index in [1.54, 1.807) is 11.4 Å². The van der Waals surface area contributed by atoms with Crippen LogP contribution in [0.25, 0.3) is 5.57 Å². The van der Waals surface area contributed by atoms with Crippen LogP contribution in [0.5, 0.6) is 5.75 Å². The number of carbonyl (C=O) groups is 1. The minimum atomic E-state index is -0.513. The number of thiazole rings is 1. The van der Waals surface area contributed by atoms with Gasteiger partial charge in [-0.2, -0.15) is 0 Å². The highest BCUT2D eigenvalue weighted by molar-refractivity contribution is 7.11. The molecular formula is C14H13N5O2S. The van der Waals surface area contributed by atoms with Gasteiger partial charge in [0, 0.05) is 23.7 Å². The van der Waals surface area contributed by atoms with Crippen LogP contribution in [-0.2, 0) is 0 Å². The molecule has 1 aliphatic rings. The summed E-state index contributed by atoms with van der Waals surface area (Å²) < 4.78 is 0. The van der Waals surface area contributed by atoms with Crippen LogP contribution in [-0.4, -0.2) is 27.7 Å². The molecule has 0 radical (unpaired) electrons. The van der Waals surface area contributed by atoms with Crippen molar-refractivity contribution in [2.75, 3.05) is 17.2 Å². The van der Waals surface area contributed by atoms with Crippen molar-refractivity contribution in [3.63, 3.8) is 0 Å². The molecular weight excluding hydrogens is 302 g/mol. The van der Waals surface area contributed by atoms with Gasteiger partial charge in [0.1, 0.15) is 10.8 Å². The zero-order valence-electron chi connectivity index (χ0n) is 11.4. The fourth-order valence-corrected chi connectivity index (χ4v) is 2.60. The number of aromatic nitrogens is 2. The van der Waals surface area contributed by atoms with Crippen LogP contribution in [0.2, 0.25) is 0 Å². The predicted molar refractivity (Wildman–Crippen MR) is 85.8 cm³/mol. The third kappa shape index (κ3) is 3.23. The number of anilines is 2. The summed E-state index contributed by atoms with van der Waals surface area (Å²) in [6, 6.07) is 2.51. The van der Waals surface area contributed by atoms with Crippen molar-refractivity contribution in [3.8, 4) is 5.75 Å². The van der Waals surface area contributed by atoms with E-state index in [4.69, 9.17) is 0 Å². The first-order valence-corrected chi connectivity index (χ1v) is 7.38. The normalized spacial score (nSPS) is 13.2. The molecule has 8 heteroatoms. The van der Waals surface area contributed by atoms with Gasteiger partial charge in [-0.1, -0.05) is 6.08 Å². The van der Waals surface area contributed by atoms with Crippen LogP contribution in [0, 0.1) is 0 Å². The number of pyridine rings is 1. The number of dihydropyridines is 1. The smallest absolute Gasteiger partial charge is 0.326 e. The number of hydrogen-bond donors (Lipinski definition) is 4. The minimum Gasteiger partial charge on any atom is -0.504 e. The lowest BCUT2D eigenvalue weighted by Crippen LogP contribution is -2.20. The zero-order chi connectivity index (χ0) is 15.4. The molecule has 4 N–H and O–H groups in total. The molecule has 22 heavy (non-hydrogen) atoms. The quantitative estimate of drug-likeness (QED) is 0.697. The summed E-state index contributed by atoms with van der Waals surface area (Å²) in [4.78, 5) is 20.1. The highest BCUT2D eigenvalue weighted by atomic mass is 32.1. The summed E-state index contributed by atoms with van der Waals surface area (Å²) in [5.41, 5.74) is 1.01. The SMILES string of the molecule is O=C(Nc1csc(C2=CCNC=C2)n1)Nc1ncccc1O. The fourth-order valence-electron chi connectivity index (χ4n) is 1.82. The number of hydrogen-bond acceptors (Lipinski definition) is 6. The van der Waals surface area contributed by atoms with E-state index < -0.39 is 6.03 Å². The number of aromatic hydroxyl groups is 1. The molecule has 7 nitrogen and oxygen atoms in total. The molecule has 0 saturated heterocycles. The lowest BCUT2D eigenvalue weighted by Gasteiger charge is -2.06. The van der Waals surface area contributed by atoms with Crippen LogP contribution >= 0.6 is 11.3 Å². The van der Waals surface area contributed by atoms with Gasteiger partial charge in [0.25, 0.3) is 0 Å². The average Bonchev–Trinajstić information content (AvgIpc) is 2.99. The Morgan fingerprint density at radius 1 is 1.41 bits per heavy atom. The van der Waals surface area contributed by atoms with E-state index in [0.29, 0.717) is 5.82 Å². The Bertz CT molecular complexity index is 753. The third-order valence-electron chi connectivity index (χ3n) is 2.83. The molecule has 0 bridgehead atoms. The summed E-state index contributed by atoms with van der Waals surface area (Å²) in [6.07, 6.45) is 7.29. The lowest BCUT2D eigenvalue weighted by atomic mass is 10.2. The summed E-state index contributed by atoms with van der Waals surface area (Å²) in [7, 11) is 0. The summed E-state index contributed by atoms with van der Waals surface area (Å²) in [5, 5.41) is 20.3. The minimum absolute atomic E-state index is 0.0957. The molecule has 2 aromatic heterocycles. The first kappa shape index (κ1) is 14.1. The van der Waals surface area contributed by atoms with Gasteiger partial charge in [-0.3, -0.25) is 10.6 Å². The number of allylic oxidation sites excluding steroid dienone is 2. The molecule has 2 amide bonds. The number of rotatable bonds is 3.